The largest absolute Gasteiger partial charge is 0.493 e. The van der Waals surface area contributed by atoms with E-state index in [1.165, 1.54) is 116 Å². The van der Waals surface area contributed by atoms with E-state index in [0.29, 0.717) is 0 Å². The quantitative estimate of drug-likeness (QED) is 0.0860. The van der Waals surface area contributed by atoms with E-state index >= 15 is 0 Å². The molecule has 0 radical (unpaired) electrons. The van der Waals surface area contributed by atoms with E-state index < -0.39 is 0 Å². The van der Waals surface area contributed by atoms with Crippen LogP contribution in [0, 0.1) is 0 Å². The smallest absolute Gasteiger partial charge is 0.130 e. The highest BCUT2D eigenvalue weighted by Crippen LogP contribution is 2.28. The zero-order chi connectivity index (χ0) is 30.9. The van der Waals surface area contributed by atoms with Gasteiger partial charge in [-0.25, -0.2) is 4.98 Å². The topological polar surface area (TPSA) is 31.4 Å². The molecule has 3 nitrogen and oxygen atoms in total. The zero-order valence-electron chi connectivity index (χ0n) is 28.2. The number of hydrogen-bond donors (Lipinski definition) is 0. The van der Waals surface area contributed by atoms with Crippen LogP contribution in [0.15, 0.2) is 54.6 Å². The van der Waals surface area contributed by atoms with Crippen LogP contribution < -0.4 is 9.47 Å². The lowest BCUT2D eigenvalue weighted by atomic mass is 10.1. The molecule has 1 aromatic heterocycles. The van der Waals surface area contributed by atoms with Crippen molar-refractivity contribution in [3.8, 4) is 11.5 Å². The molecule has 0 bridgehead atoms. The molecule has 0 saturated carbocycles. The molecule has 0 amide bonds. The third-order valence-electron chi connectivity index (χ3n) is 8.56. The lowest BCUT2D eigenvalue weighted by Gasteiger charge is -2.13. The van der Waals surface area contributed by atoms with Gasteiger partial charge in [0.1, 0.15) is 11.5 Å². The van der Waals surface area contributed by atoms with Gasteiger partial charge in [-0.15, -0.1) is 0 Å². The molecular weight excluding hydrogens is 538 g/mol. The predicted molar refractivity (Wildman–Crippen MR) is 192 cm³/mol. The first-order valence-electron chi connectivity index (χ1n) is 18.2. The number of unbranched alkanes of at least 4 members (excludes halogenated alkanes) is 18. The van der Waals surface area contributed by atoms with Gasteiger partial charge in [-0.3, -0.25) is 0 Å². The third kappa shape index (κ3) is 15.3. The Balaban J connectivity index is 1.45. The summed E-state index contributed by atoms with van der Waals surface area (Å²) in [5.74, 6) is 1.80. The van der Waals surface area contributed by atoms with Gasteiger partial charge in [-0.2, -0.15) is 0 Å². The highest BCUT2D eigenvalue weighted by atomic mass is 16.5. The maximum atomic E-state index is 6.36. The Bertz CT molecular complexity index is 1170. The average molecular weight is 600 g/mol. The first-order valence-corrected chi connectivity index (χ1v) is 18.2. The van der Waals surface area contributed by atoms with Gasteiger partial charge in [-0.1, -0.05) is 154 Å². The van der Waals surface area contributed by atoms with Gasteiger partial charge >= 0.3 is 0 Å². The lowest BCUT2D eigenvalue weighted by molar-refractivity contribution is 0.289. The SMILES string of the molecule is CCCCCCCCCCCCOc1ccc(/C=C/c2ccc3ccccc3n2)c(OCCCCCCCCCCCC)c1. The number of benzene rings is 2. The molecule has 1 heterocycles. The number of hydrogen-bond acceptors (Lipinski definition) is 3. The van der Waals surface area contributed by atoms with Crippen molar-refractivity contribution < 1.29 is 9.47 Å². The standard InChI is InChI=1S/C41H61NO2/c1-3-5-7-9-11-13-15-17-19-23-33-43-39-32-29-37(28-31-38-30-27-36-25-21-22-26-40(36)42-38)41(35-39)44-34-24-20-18-16-14-12-10-8-6-4-2/h21-22,25-32,35H,3-20,23-24,33-34H2,1-2H3/b31-28+. The first-order chi connectivity index (χ1) is 21.8. The van der Waals surface area contributed by atoms with Gasteiger partial charge in [-0.05, 0) is 49.3 Å². The summed E-state index contributed by atoms with van der Waals surface area (Å²) in [6.07, 6.45) is 30.8. The van der Waals surface area contributed by atoms with Crippen LogP contribution in [0.4, 0.5) is 0 Å². The summed E-state index contributed by atoms with van der Waals surface area (Å²) in [6, 6.07) is 18.8. The minimum absolute atomic E-state index is 0.744. The molecule has 0 aliphatic heterocycles. The Labute approximate surface area is 269 Å². The van der Waals surface area contributed by atoms with Gasteiger partial charge in [0.15, 0.2) is 0 Å². The van der Waals surface area contributed by atoms with Crippen LogP contribution in [0.2, 0.25) is 0 Å². The number of pyridine rings is 1. The number of aromatic nitrogens is 1. The highest BCUT2D eigenvalue weighted by molar-refractivity contribution is 5.81. The fraction of sp³-hybridized carbons (Fsp3) is 0.585. The van der Waals surface area contributed by atoms with Crippen molar-refractivity contribution in [3.05, 3.63) is 65.9 Å². The van der Waals surface area contributed by atoms with E-state index in [2.05, 4.69) is 74.5 Å². The van der Waals surface area contributed by atoms with E-state index in [-0.39, 0.29) is 0 Å². The molecular formula is C41H61NO2. The summed E-state index contributed by atoms with van der Waals surface area (Å²) >= 11 is 0. The minimum atomic E-state index is 0.744. The van der Waals surface area contributed by atoms with Crippen LogP contribution in [0.1, 0.15) is 154 Å². The molecule has 0 fully saturated rings. The molecule has 0 aliphatic carbocycles. The number of ether oxygens (including phenoxy) is 2. The number of nitrogens with zero attached hydrogens (tertiary/aromatic N) is 1. The molecule has 2 aromatic carbocycles. The molecule has 3 aromatic rings. The van der Waals surface area contributed by atoms with E-state index in [1.807, 2.05) is 6.07 Å². The number of para-hydroxylation sites is 1. The van der Waals surface area contributed by atoms with Crippen LogP contribution in [0.25, 0.3) is 23.1 Å². The fourth-order valence-electron chi connectivity index (χ4n) is 5.77. The van der Waals surface area contributed by atoms with Crippen LogP contribution >= 0.6 is 0 Å². The molecule has 44 heavy (non-hydrogen) atoms. The zero-order valence-corrected chi connectivity index (χ0v) is 28.2. The molecule has 0 unspecified atom stereocenters. The number of rotatable bonds is 26. The van der Waals surface area contributed by atoms with Crippen molar-refractivity contribution in [2.45, 2.75) is 142 Å². The second-order valence-corrected chi connectivity index (χ2v) is 12.5. The average Bonchev–Trinajstić information content (AvgIpc) is 3.05. The van der Waals surface area contributed by atoms with Crippen LogP contribution in [-0.2, 0) is 0 Å². The van der Waals surface area contributed by atoms with Crippen molar-refractivity contribution in [2.75, 3.05) is 13.2 Å². The Morgan fingerprint density at radius 1 is 0.523 bits per heavy atom. The molecule has 0 spiro atoms. The second-order valence-electron chi connectivity index (χ2n) is 12.5. The first kappa shape index (κ1) is 35.7. The molecule has 242 valence electrons. The van der Waals surface area contributed by atoms with E-state index in [4.69, 9.17) is 14.5 Å². The van der Waals surface area contributed by atoms with Gasteiger partial charge in [0.05, 0.1) is 24.4 Å². The Morgan fingerprint density at radius 2 is 1.07 bits per heavy atom. The monoisotopic (exact) mass is 599 g/mol. The van der Waals surface area contributed by atoms with Gasteiger partial charge in [0.2, 0.25) is 0 Å². The van der Waals surface area contributed by atoms with Crippen molar-refractivity contribution in [2.24, 2.45) is 0 Å². The van der Waals surface area contributed by atoms with Crippen molar-refractivity contribution in [3.63, 3.8) is 0 Å². The Morgan fingerprint density at radius 3 is 1.68 bits per heavy atom. The summed E-state index contributed by atoms with van der Waals surface area (Å²) in [5.41, 5.74) is 3.03. The maximum Gasteiger partial charge on any atom is 0.130 e. The van der Waals surface area contributed by atoms with Crippen LogP contribution in [-0.4, -0.2) is 18.2 Å². The molecule has 0 atom stereocenters. The minimum Gasteiger partial charge on any atom is -0.493 e. The predicted octanol–water partition coefficient (Wildman–Crippen LogP) is 13.0. The van der Waals surface area contributed by atoms with Crippen molar-refractivity contribution in [1.29, 1.82) is 0 Å². The summed E-state index contributed by atoms with van der Waals surface area (Å²) in [7, 11) is 0. The van der Waals surface area contributed by atoms with Crippen LogP contribution in [0.5, 0.6) is 11.5 Å². The normalized spacial score (nSPS) is 11.5. The van der Waals surface area contributed by atoms with Gasteiger partial charge < -0.3 is 9.47 Å². The van der Waals surface area contributed by atoms with Gasteiger partial charge in [0.25, 0.3) is 0 Å². The number of fused-ring (bicyclic) bond motifs is 1. The summed E-state index contributed by atoms with van der Waals surface area (Å²) in [4.78, 5) is 4.81. The maximum absolute atomic E-state index is 6.36. The fourth-order valence-corrected chi connectivity index (χ4v) is 5.77. The van der Waals surface area contributed by atoms with E-state index in [9.17, 15) is 0 Å². The summed E-state index contributed by atoms with van der Waals surface area (Å²) in [6.45, 7) is 6.08. The van der Waals surface area contributed by atoms with Crippen molar-refractivity contribution >= 4 is 23.1 Å². The Kier molecular flexibility index (Phi) is 19.1. The van der Waals surface area contributed by atoms with E-state index in [0.717, 1.165) is 59.7 Å². The third-order valence-corrected chi connectivity index (χ3v) is 8.56. The van der Waals surface area contributed by atoms with Crippen molar-refractivity contribution in [1.82, 2.24) is 4.98 Å². The van der Waals surface area contributed by atoms with E-state index in [1.54, 1.807) is 0 Å². The molecule has 0 N–H and O–H groups in total. The summed E-state index contributed by atoms with van der Waals surface area (Å²) < 4.78 is 12.5. The lowest BCUT2D eigenvalue weighted by Crippen LogP contribution is -2.01. The Hall–Kier alpha value is -2.81. The van der Waals surface area contributed by atoms with Gasteiger partial charge in [0, 0.05) is 17.0 Å². The second kappa shape index (κ2) is 23.6. The van der Waals surface area contributed by atoms with Crippen LogP contribution in [0.3, 0.4) is 0 Å². The summed E-state index contributed by atoms with van der Waals surface area (Å²) in [5, 5.41) is 1.16. The highest BCUT2D eigenvalue weighted by Gasteiger charge is 2.06. The molecule has 0 saturated heterocycles. The molecule has 3 rings (SSSR count). The molecule has 0 aliphatic rings. The molecule has 3 heteroatoms.